The highest BCUT2D eigenvalue weighted by atomic mass is 19.1. The van der Waals surface area contributed by atoms with E-state index in [1.807, 2.05) is 23.4 Å². The normalized spacial score (nSPS) is 18.2. The number of piperidine rings is 2. The van der Waals surface area contributed by atoms with Crippen molar-refractivity contribution < 1.29 is 14.3 Å². The fourth-order valence-corrected chi connectivity index (χ4v) is 5.87. The van der Waals surface area contributed by atoms with Crippen LogP contribution in [0.1, 0.15) is 48.8 Å². The molecule has 0 bridgehead atoms. The van der Waals surface area contributed by atoms with Gasteiger partial charge in [0.05, 0.1) is 18.0 Å². The molecule has 3 aliphatic heterocycles. The van der Waals surface area contributed by atoms with Gasteiger partial charge in [0.2, 0.25) is 0 Å². The van der Waals surface area contributed by atoms with Crippen LogP contribution in [0.5, 0.6) is 0 Å². The maximum atomic E-state index is 14.9. The van der Waals surface area contributed by atoms with Crippen LogP contribution in [0.2, 0.25) is 0 Å². The Kier molecular flexibility index (Phi) is 7.84. The molecule has 3 aliphatic rings. The van der Waals surface area contributed by atoms with Crippen molar-refractivity contribution in [1.82, 2.24) is 14.9 Å². The Bertz CT molecular complexity index is 1410. The molecule has 2 aromatic heterocycles. The molecule has 1 aromatic carbocycles. The van der Waals surface area contributed by atoms with Crippen LogP contribution in [0.4, 0.5) is 15.9 Å². The molecule has 2 fully saturated rings. The quantitative estimate of drug-likeness (QED) is 0.485. The molecular formula is C31H35FN6O2. The molecule has 2 N–H and O–H groups in total. The molecule has 6 rings (SSSR count). The third-order valence-corrected chi connectivity index (χ3v) is 8.06. The molecular weight excluding hydrogens is 507 g/mol. The average Bonchev–Trinajstić information content (AvgIpc) is 2.98. The number of nitrogens with one attached hydrogen (secondary N) is 1. The lowest BCUT2D eigenvalue weighted by molar-refractivity contribution is -0.110. The summed E-state index contributed by atoms with van der Waals surface area (Å²) in [4.78, 5) is 31.0. The van der Waals surface area contributed by atoms with Gasteiger partial charge in [0.1, 0.15) is 5.71 Å². The molecule has 8 nitrogen and oxygen atoms in total. The van der Waals surface area contributed by atoms with E-state index in [9.17, 15) is 14.3 Å². The Morgan fingerprint density at radius 1 is 1.00 bits per heavy atom. The van der Waals surface area contributed by atoms with Gasteiger partial charge in [-0.25, -0.2) is 9.37 Å². The van der Waals surface area contributed by atoms with Gasteiger partial charge in [0, 0.05) is 55.8 Å². The first-order chi connectivity index (χ1) is 19.5. The Balaban J connectivity index is 1.18. The van der Waals surface area contributed by atoms with Gasteiger partial charge in [-0.2, -0.15) is 0 Å². The van der Waals surface area contributed by atoms with Gasteiger partial charge in [-0.15, -0.1) is 0 Å². The summed E-state index contributed by atoms with van der Waals surface area (Å²) < 4.78 is 14.9. The van der Waals surface area contributed by atoms with E-state index in [0.717, 1.165) is 48.3 Å². The topological polar surface area (TPSA) is 94.0 Å². The highest BCUT2D eigenvalue weighted by molar-refractivity contribution is 6.49. The molecule has 0 atom stereocenters. The number of benzene rings is 1. The summed E-state index contributed by atoms with van der Waals surface area (Å²) in [5.74, 6) is -0.643. The van der Waals surface area contributed by atoms with Gasteiger partial charge in [-0.05, 0) is 74.0 Å². The fourth-order valence-electron chi connectivity index (χ4n) is 5.87. The number of carbonyl (C=O) groups is 1. The summed E-state index contributed by atoms with van der Waals surface area (Å²) in [6.45, 7) is 4.76. The number of carbonyl (C=O) groups excluding carboxylic acids is 1. The summed E-state index contributed by atoms with van der Waals surface area (Å²) in [7, 11) is 0. The van der Waals surface area contributed by atoms with E-state index >= 15 is 0 Å². The van der Waals surface area contributed by atoms with E-state index in [2.05, 4.69) is 43.4 Å². The minimum Gasteiger partial charge on any atom is -0.393 e. The van der Waals surface area contributed by atoms with E-state index in [1.54, 1.807) is 0 Å². The van der Waals surface area contributed by atoms with E-state index in [-0.39, 0.29) is 23.5 Å². The predicted octanol–water partition coefficient (Wildman–Crippen LogP) is 4.21. The Morgan fingerprint density at radius 2 is 1.82 bits per heavy atom. The molecule has 0 saturated carbocycles. The zero-order valence-corrected chi connectivity index (χ0v) is 22.7. The second-order valence-electron chi connectivity index (χ2n) is 11.0. The molecule has 0 aliphatic carbocycles. The van der Waals surface area contributed by atoms with Crippen molar-refractivity contribution in [2.24, 2.45) is 4.99 Å². The van der Waals surface area contributed by atoms with Gasteiger partial charge < -0.3 is 15.3 Å². The first kappa shape index (κ1) is 26.5. The lowest BCUT2D eigenvalue weighted by Crippen LogP contribution is -2.36. The second kappa shape index (κ2) is 11.8. The predicted molar refractivity (Wildman–Crippen MR) is 154 cm³/mol. The van der Waals surface area contributed by atoms with Crippen molar-refractivity contribution in [2.75, 3.05) is 42.9 Å². The number of aliphatic imine (C=N–C) groups is 1. The molecule has 1 amide bonds. The number of hydrogen-bond acceptors (Lipinski definition) is 7. The first-order valence-corrected chi connectivity index (χ1v) is 14.3. The van der Waals surface area contributed by atoms with Crippen molar-refractivity contribution in [1.29, 1.82) is 0 Å². The lowest BCUT2D eigenvalue weighted by atomic mass is 9.93. The number of pyridine rings is 2. The minimum atomic E-state index is -0.501. The maximum absolute atomic E-state index is 14.9. The lowest BCUT2D eigenvalue weighted by Gasteiger charge is -2.30. The van der Waals surface area contributed by atoms with Crippen molar-refractivity contribution >= 4 is 23.1 Å². The van der Waals surface area contributed by atoms with Crippen molar-refractivity contribution in [2.45, 2.75) is 51.2 Å². The molecule has 9 heteroatoms. The summed E-state index contributed by atoms with van der Waals surface area (Å²) in [5.41, 5.74) is 5.65. The van der Waals surface area contributed by atoms with Gasteiger partial charge in [0.15, 0.2) is 11.6 Å². The Labute approximate surface area is 234 Å². The smallest absolute Gasteiger partial charge is 0.274 e. The Hall–Kier alpha value is -3.69. The SMILES string of the molecule is O=C(Nc1cnc(N2CCC(O)CC2)c(F)c1)C1=NCCc2ccc(-c3cncc(CN4CCCCC4)c3)cc21. The van der Waals surface area contributed by atoms with Crippen LogP contribution in [0.15, 0.2) is 53.9 Å². The maximum Gasteiger partial charge on any atom is 0.274 e. The Morgan fingerprint density at radius 3 is 2.62 bits per heavy atom. The highest BCUT2D eigenvalue weighted by Gasteiger charge is 2.24. The van der Waals surface area contributed by atoms with Gasteiger partial charge in [-0.1, -0.05) is 18.6 Å². The van der Waals surface area contributed by atoms with Crippen LogP contribution in [0.25, 0.3) is 11.1 Å². The number of aromatic nitrogens is 2. The molecule has 0 unspecified atom stereocenters. The molecule has 40 heavy (non-hydrogen) atoms. The number of hydrogen-bond donors (Lipinski definition) is 2. The first-order valence-electron chi connectivity index (χ1n) is 14.3. The van der Waals surface area contributed by atoms with Crippen LogP contribution in [-0.2, 0) is 17.8 Å². The van der Waals surface area contributed by atoms with Gasteiger partial charge in [-0.3, -0.25) is 19.7 Å². The number of amides is 1. The van der Waals surface area contributed by atoms with Crippen LogP contribution in [0.3, 0.4) is 0 Å². The number of nitrogens with zero attached hydrogens (tertiary/aromatic N) is 5. The van der Waals surface area contributed by atoms with Crippen LogP contribution in [-0.4, -0.2) is 70.4 Å². The number of likely N-dealkylation sites (tertiary alicyclic amines) is 1. The number of aliphatic hydroxyl groups excluding tert-OH is 1. The second-order valence-corrected chi connectivity index (χ2v) is 11.0. The number of rotatable bonds is 6. The number of halogens is 1. The largest absolute Gasteiger partial charge is 0.393 e. The monoisotopic (exact) mass is 542 g/mol. The van der Waals surface area contributed by atoms with Crippen molar-refractivity contribution in [3.8, 4) is 11.1 Å². The number of aliphatic hydroxyl groups is 1. The van der Waals surface area contributed by atoms with Crippen molar-refractivity contribution in [3.63, 3.8) is 0 Å². The highest BCUT2D eigenvalue weighted by Crippen LogP contribution is 2.28. The molecule has 0 radical (unpaired) electrons. The van der Waals surface area contributed by atoms with Crippen LogP contribution in [0, 0.1) is 5.82 Å². The van der Waals surface area contributed by atoms with Crippen molar-refractivity contribution in [3.05, 3.63) is 71.4 Å². The minimum absolute atomic E-state index is 0.242. The van der Waals surface area contributed by atoms with Gasteiger partial charge in [0.25, 0.3) is 5.91 Å². The molecule has 3 aromatic rings. The zero-order chi connectivity index (χ0) is 27.5. The third-order valence-electron chi connectivity index (χ3n) is 8.06. The summed E-state index contributed by atoms with van der Waals surface area (Å²) >= 11 is 0. The molecule has 5 heterocycles. The average molecular weight is 543 g/mol. The van der Waals surface area contributed by atoms with E-state index < -0.39 is 5.82 Å². The summed E-state index contributed by atoms with van der Waals surface area (Å²) in [6.07, 6.45) is 10.6. The summed E-state index contributed by atoms with van der Waals surface area (Å²) in [5, 5.41) is 12.5. The van der Waals surface area contributed by atoms with E-state index in [4.69, 9.17) is 0 Å². The van der Waals surface area contributed by atoms with E-state index in [0.29, 0.717) is 38.2 Å². The molecule has 208 valence electrons. The fraction of sp³-hybridized carbons (Fsp3) is 0.419. The van der Waals surface area contributed by atoms with Crippen LogP contribution < -0.4 is 10.2 Å². The van der Waals surface area contributed by atoms with E-state index in [1.165, 1.54) is 37.1 Å². The number of fused-ring (bicyclic) bond motifs is 1. The standard InChI is InChI=1S/C31H35FN6O2/c32-28-16-25(19-35-30(28)38-12-7-26(39)8-13-38)36-31(40)29-27-15-23(5-4-22(27)6-9-34-29)24-14-21(17-33-18-24)20-37-10-2-1-3-11-37/h4-5,14-19,26,39H,1-3,6-13,20H2,(H,36,40). The molecule has 2 saturated heterocycles. The zero-order valence-electron chi connectivity index (χ0n) is 22.7. The molecule has 0 spiro atoms. The third kappa shape index (κ3) is 5.90. The number of anilines is 2. The van der Waals surface area contributed by atoms with Gasteiger partial charge >= 0.3 is 0 Å². The summed E-state index contributed by atoms with van der Waals surface area (Å²) in [6, 6.07) is 9.64. The van der Waals surface area contributed by atoms with Crippen LogP contribution >= 0.6 is 0 Å².